The Morgan fingerprint density at radius 2 is 2.08 bits per heavy atom. The Hall–Kier alpha value is -3.26. The zero-order chi connectivity index (χ0) is 18.1. The van der Waals surface area contributed by atoms with Crippen LogP contribution in [0.15, 0.2) is 53.5 Å². The minimum atomic E-state index is -0.274. The highest BCUT2D eigenvalue weighted by Crippen LogP contribution is 2.32. The van der Waals surface area contributed by atoms with Crippen LogP contribution in [0.2, 0.25) is 0 Å². The summed E-state index contributed by atoms with van der Waals surface area (Å²) in [6.45, 7) is -0.0200. The quantitative estimate of drug-likeness (QED) is 0.600. The molecule has 2 heterocycles. The topological polar surface area (TPSA) is 86.1 Å². The first-order valence-corrected chi connectivity index (χ1v) is 8.65. The highest BCUT2D eigenvalue weighted by Gasteiger charge is 2.12. The lowest BCUT2D eigenvalue weighted by Gasteiger charge is -2.08. The van der Waals surface area contributed by atoms with Gasteiger partial charge >= 0.3 is 0 Å². The molecule has 0 bridgehead atoms. The van der Waals surface area contributed by atoms with E-state index in [1.807, 2.05) is 18.2 Å². The van der Waals surface area contributed by atoms with Gasteiger partial charge in [0.1, 0.15) is 17.8 Å². The van der Waals surface area contributed by atoms with Crippen molar-refractivity contribution in [3.63, 3.8) is 0 Å². The smallest absolute Gasteiger partial charge is 0.247 e. The van der Waals surface area contributed by atoms with Crippen molar-refractivity contribution < 1.29 is 9.53 Å². The van der Waals surface area contributed by atoms with Crippen LogP contribution in [-0.4, -0.2) is 27.8 Å². The van der Waals surface area contributed by atoms with Crippen molar-refractivity contribution in [2.24, 2.45) is 0 Å². The van der Waals surface area contributed by atoms with Crippen molar-refractivity contribution in [1.29, 1.82) is 0 Å². The molecule has 26 heavy (non-hydrogen) atoms. The fourth-order valence-electron chi connectivity index (χ4n) is 2.72. The molecule has 2 aromatic carbocycles. The second-order valence-electron chi connectivity index (χ2n) is 5.56. The molecule has 0 atom stereocenters. The largest absolute Gasteiger partial charge is 0.494 e. The summed E-state index contributed by atoms with van der Waals surface area (Å²) in [6, 6.07) is 12.7. The summed E-state index contributed by atoms with van der Waals surface area (Å²) in [5.41, 5.74) is 1.15. The number of methoxy groups -OCH3 is 1. The van der Waals surface area contributed by atoms with Crippen molar-refractivity contribution in [1.82, 2.24) is 14.8 Å². The Morgan fingerprint density at radius 3 is 2.92 bits per heavy atom. The summed E-state index contributed by atoms with van der Waals surface area (Å²) in [7, 11) is 1.58. The van der Waals surface area contributed by atoms with Crippen LogP contribution in [0.25, 0.3) is 21.1 Å². The lowest BCUT2D eigenvalue weighted by atomic mass is 10.2. The van der Waals surface area contributed by atoms with Gasteiger partial charge in [-0.25, -0.2) is 4.98 Å². The van der Waals surface area contributed by atoms with E-state index in [0.717, 1.165) is 4.70 Å². The number of benzene rings is 2. The third-order valence-electron chi connectivity index (χ3n) is 3.90. The number of carbonyl (C=O) groups is 1. The Bertz CT molecular complexity index is 1180. The van der Waals surface area contributed by atoms with Crippen LogP contribution < -0.4 is 15.5 Å². The molecule has 1 amide bonds. The average Bonchev–Trinajstić information content (AvgIpc) is 3.06. The number of carbonyl (C=O) groups excluding carboxylic acids is 1. The molecule has 0 aliphatic rings. The number of hydrogen-bond acceptors (Lipinski definition) is 6. The van der Waals surface area contributed by atoms with Crippen LogP contribution in [-0.2, 0) is 11.3 Å². The summed E-state index contributed by atoms with van der Waals surface area (Å²) in [5.74, 6) is 0.386. The van der Waals surface area contributed by atoms with E-state index in [0.29, 0.717) is 27.3 Å². The van der Waals surface area contributed by atoms with Gasteiger partial charge in [0.25, 0.3) is 0 Å². The van der Waals surface area contributed by atoms with Gasteiger partial charge in [-0.15, -0.1) is 0 Å². The molecule has 0 aliphatic carbocycles. The van der Waals surface area contributed by atoms with Crippen molar-refractivity contribution in [2.75, 3.05) is 12.4 Å². The van der Waals surface area contributed by atoms with Crippen LogP contribution in [0, 0.1) is 0 Å². The lowest BCUT2D eigenvalue weighted by molar-refractivity contribution is -0.116. The SMILES string of the molecule is COc1cccc2sc(NC(=O)Cn3ncc(=O)c4ccccc43)nc12. The summed E-state index contributed by atoms with van der Waals surface area (Å²) in [6.07, 6.45) is 1.22. The number of amides is 1. The molecule has 0 unspecified atom stereocenters. The van der Waals surface area contributed by atoms with Gasteiger partial charge < -0.3 is 10.1 Å². The number of anilines is 1. The zero-order valence-electron chi connectivity index (χ0n) is 13.8. The van der Waals surface area contributed by atoms with Crippen LogP contribution in [0.3, 0.4) is 0 Å². The van der Waals surface area contributed by atoms with E-state index in [4.69, 9.17) is 4.74 Å². The normalized spacial score (nSPS) is 11.0. The van der Waals surface area contributed by atoms with Gasteiger partial charge in [0.2, 0.25) is 11.3 Å². The molecule has 0 radical (unpaired) electrons. The van der Waals surface area contributed by atoms with Crippen molar-refractivity contribution in [2.45, 2.75) is 6.54 Å². The maximum Gasteiger partial charge on any atom is 0.247 e. The maximum atomic E-state index is 12.4. The first-order chi connectivity index (χ1) is 12.7. The summed E-state index contributed by atoms with van der Waals surface area (Å²) in [5, 5.41) is 7.86. The van der Waals surface area contributed by atoms with Gasteiger partial charge in [-0.1, -0.05) is 29.5 Å². The fraction of sp³-hybridized carbons (Fsp3) is 0.111. The Labute approximate surface area is 151 Å². The van der Waals surface area contributed by atoms with Crippen molar-refractivity contribution in [3.05, 3.63) is 58.9 Å². The molecule has 0 fully saturated rings. The molecule has 2 aromatic heterocycles. The number of nitrogens with zero attached hydrogens (tertiary/aromatic N) is 3. The summed E-state index contributed by atoms with van der Waals surface area (Å²) < 4.78 is 7.71. The standard InChI is InChI=1S/C18H14N4O3S/c1-25-14-7-4-8-15-17(14)21-18(26-15)20-16(24)10-22-12-6-3-2-5-11(12)13(23)9-19-22/h2-9H,10H2,1H3,(H,20,21,24). The Balaban J connectivity index is 1.60. The van der Waals surface area contributed by atoms with Gasteiger partial charge in [0.05, 0.1) is 23.5 Å². The van der Waals surface area contributed by atoms with E-state index in [1.54, 1.807) is 31.4 Å². The maximum absolute atomic E-state index is 12.4. The number of aromatic nitrogens is 3. The molecule has 4 aromatic rings. The Morgan fingerprint density at radius 1 is 1.23 bits per heavy atom. The molecule has 7 nitrogen and oxygen atoms in total. The first kappa shape index (κ1) is 16.2. The van der Waals surface area contributed by atoms with E-state index in [1.165, 1.54) is 22.2 Å². The molecule has 0 spiro atoms. The number of hydrogen-bond donors (Lipinski definition) is 1. The fourth-order valence-corrected chi connectivity index (χ4v) is 3.62. The minimum Gasteiger partial charge on any atom is -0.494 e. The molecule has 0 saturated heterocycles. The molecule has 130 valence electrons. The molecule has 1 N–H and O–H groups in total. The number of rotatable bonds is 4. The molecule has 0 saturated carbocycles. The highest BCUT2D eigenvalue weighted by atomic mass is 32.1. The van der Waals surface area contributed by atoms with Crippen LogP contribution >= 0.6 is 11.3 Å². The van der Waals surface area contributed by atoms with E-state index >= 15 is 0 Å². The third-order valence-corrected chi connectivity index (χ3v) is 4.84. The minimum absolute atomic E-state index is 0.0200. The van der Waals surface area contributed by atoms with E-state index in [9.17, 15) is 9.59 Å². The zero-order valence-corrected chi connectivity index (χ0v) is 14.6. The number of para-hydroxylation sites is 2. The van der Waals surface area contributed by atoms with Crippen molar-refractivity contribution in [3.8, 4) is 5.75 Å². The predicted molar refractivity (Wildman–Crippen MR) is 101 cm³/mol. The molecule has 8 heteroatoms. The highest BCUT2D eigenvalue weighted by molar-refractivity contribution is 7.22. The van der Waals surface area contributed by atoms with Crippen LogP contribution in [0.1, 0.15) is 0 Å². The first-order valence-electron chi connectivity index (χ1n) is 7.84. The molecular formula is C18H14N4O3S. The van der Waals surface area contributed by atoms with Gasteiger partial charge in [-0.05, 0) is 24.3 Å². The molecular weight excluding hydrogens is 352 g/mol. The average molecular weight is 366 g/mol. The molecule has 0 aliphatic heterocycles. The monoisotopic (exact) mass is 366 g/mol. The van der Waals surface area contributed by atoms with Crippen LogP contribution in [0.4, 0.5) is 5.13 Å². The van der Waals surface area contributed by atoms with Gasteiger partial charge in [0, 0.05) is 5.39 Å². The van der Waals surface area contributed by atoms with E-state index < -0.39 is 0 Å². The number of nitrogens with one attached hydrogen (secondary N) is 1. The summed E-state index contributed by atoms with van der Waals surface area (Å²) in [4.78, 5) is 28.7. The molecule has 4 rings (SSSR count). The second kappa shape index (κ2) is 6.57. The van der Waals surface area contributed by atoms with Gasteiger partial charge in [-0.3, -0.25) is 14.3 Å². The van der Waals surface area contributed by atoms with Crippen molar-refractivity contribution >= 4 is 43.5 Å². The Kier molecular flexibility index (Phi) is 4.10. The van der Waals surface area contributed by atoms with Gasteiger partial charge in [-0.2, -0.15) is 5.10 Å². The number of fused-ring (bicyclic) bond motifs is 2. The summed E-state index contributed by atoms with van der Waals surface area (Å²) >= 11 is 1.37. The second-order valence-corrected chi connectivity index (χ2v) is 6.59. The number of thiazole rings is 1. The van der Waals surface area contributed by atoms with E-state index in [-0.39, 0.29) is 17.9 Å². The number of ether oxygens (including phenoxy) is 1. The van der Waals surface area contributed by atoms with Crippen LogP contribution in [0.5, 0.6) is 5.75 Å². The van der Waals surface area contributed by atoms with Gasteiger partial charge in [0.15, 0.2) is 5.13 Å². The third kappa shape index (κ3) is 2.91. The van der Waals surface area contributed by atoms with E-state index in [2.05, 4.69) is 15.4 Å². The predicted octanol–water partition coefficient (Wildman–Crippen LogP) is 2.65. The lowest BCUT2D eigenvalue weighted by Crippen LogP contribution is -2.22.